The second kappa shape index (κ2) is 7.21. The summed E-state index contributed by atoms with van der Waals surface area (Å²) in [6.45, 7) is 5.62. The van der Waals surface area contributed by atoms with Gasteiger partial charge in [0.1, 0.15) is 0 Å². The monoisotopic (exact) mass is 300 g/mol. The van der Waals surface area contributed by atoms with Gasteiger partial charge in [-0.3, -0.25) is 4.90 Å². The average Bonchev–Trinajstić information content (AvgIpc) is 3.03. The van der Waals surface area contributed by atoms with Crippen molar-refractivity contribution in [2.24, 2.45) is 0 Å². The van der Waals surface area contributed by atoms with E-state index in [0.717, 1.165) is 26.1 Å². The first-order chi connectivity index (χ1) is 10.3. The van der Waals surface area contributed by atoms with Crippen molar-refractivity contribution < 1.29 is 0 Å². The van der Waals surface area contributed by atoms with Crippen LogP contribution < -0.4 is 5.32 Å². The SMILES string of the molecule is CCC1CN(Cc2cccs2)C(Cc2ccccc2)CN1. The third-order valence-electron chi connectivity index (χ3n) is 4.36. The van der Waals surface area contributed by atoms with Gasteiger partial charge in [-0.15, -0.1) is 11.3 Å². The minimum absolute atomic E-state index is 0.595. The van der Waals surface area contributed by atoms with Crippen LogP contribution in [0.4, 0.5) is 0 Å². The number of nitrogens with zero attached hydrogens (tertiary/aromatic N) is 1. The number of rotatable bonds is 5. The first-order valence-corrected chi connectivity index (χ1v) is 8.77. The van der Waals surface area contributed by atoms with Crippen molar-refractivity contribution in [3.05, 3.63) is 58.3 Å². The van der Waals surface area contributed by atoms with Crippen molar-refractivity contribution in [1.29, 1.82) is 0 Å². The zero-order valence-electron chi connectivity index (χ0n) is 12.7. The highest BCUT2D eigenvalue weighted by atomic mass is 32.1. The van der Waals surface area contributed by atoms with E-state index in [4.69, 9.17) is 0 Å². The van der Waals surface area contributed by atoms with Gasteiger partial charge in [0.15, 0.2) is 0 Å². The van der Waals surface area contributed by atoms with Crippen LogP contribution in [0.1, 0.15) is 23.8 Å². The van der Waals surface area contributed by atoms with Crippen molar-refractivity contribution in [1.82, 2.24) is 10.2 Å². The lowest BCUT2D eigenvalue weighted by molar-refractivity contribution is 0.121. The molecule has 1 aliphatic heterocycles. The number of nitrogens with one attached hydrogen (secondary N) is 1. The molecule has 0 bridgehead atoms. The van der Waals surface area contributed by atoms with Crippen molar-refractivity contribution in [2.75, 3.05) is 13.1 Å². The van der Waals surface area contributed by atoms with Gasteiger partial charge in [0.25, 0.3) is 0 Å². The van der Waals surface area contributed by atoms with Gasteiger partial charge in [-0.2, -0.15) is 0 Å². The van der Waals surface area contributed by atoms with Crippen molar-refractivity contribution >= 4 is 11.3 Å². The number of thiophene rings is 1. The Hall–Kier alpha value is -1.16. The molecule has 112 valence electrons. The lowest BCUT2D eigenvalue weighted by Gasteiger charge is -2.40. The lowest BCUT2D eigenvalue weighted by Crippen LogP contribution is -2.56. The average molecular weight is 300 g/mol. The molecule has 1 aliphatic rings. The Bertz CT molecular complexity index is 523. The van der Waals surface area contributed by atoms with Crippen LogP contribution in [-0.2, 0) is 13.0 Å². The molecule has 0 saturated carbocycles. The predicted molar refractivity (Wildman–Crippen MR) is 90.7 cm³/mol. The Labute approximate surface area is 131 Å². The molecule has 1 saturated heterocycles. The van der Waals surface area contributed by atoms with E-state index in [1.165, 1.54) is 16.9 Å². The Morgan fingerprint density at radius 2 is 2.05 bits per heavy atom. The Morgan fingerprint density at radius 1 is 1.19 bits per heavy atom. The van der Waals surface area contributed by atoms with Gasteiger partial charge in [0.2, 0.25) is 0 Å². The summed E-state index contributed by atoms with van der Waals surface area (Å²) in [6, 6.07) is 16.5. The third-order valence-corrected chi connectivity index (χ3v) is 5.22. The highest BCUT2D eigenvalue weighted by Crippen LogP contribution is 2.19. The molecule has 0 radical (unpaired) electrons. The van der Waals surface area contributed by atoms with E-state index in [0.29, 0.717) is 12.1 Å². The number of benzene rings is 1. The number of hydrogen-bond acceptors (Lipinski definition) is 3. The van der Waals surface area contributed by atoms with Crippen LogP contribution in [0.15, 0.2) is 47.8 Å². The molecule has 1 fully saturated rings. The van der Waals surface area contributed by atoms with Gasteiger partial charge in [0, 0.05) is 36.6 Å². The standard InChI is InChI=1S/C18H24N2S/c1-2-16-13-20(14-18-9-6-10-21-18)17(12-19-16)11-15-7-4-3-5-8-15/h3-10,16-17,19H,2,11-14H2,1H3. The molecular weight excluding hydrogens is 276 g/mol. The van der Waals surface area contributed by atoms with Gasteiger partial charge in [0.05, 0.1) is 0 Å². The van der Waals surface area contributed by atoms with Crippen LogP contribution in [0.5, 0.6) is 0 Å². The summed E-state index contributed by atoms with van der Waals surface area (Å²) < 4.78 is 0. The molecule has 3 rings (SSSR count). The summed E-state index contributed by atoms with van der Waals surface area (Å²) in [4.78, 5) is 4.15. The van der Waals surface area contributed by atoms with Crippen LogP contribution in [0, 0.1) is 0 Å². The first-order valence-electron chi connectivity index (χ1n) is 7.89. The van der Waals surface area contributed by atoms with E-state index in [2.05, 4.69) is 65.0 Å². The highest BCUT2D eigenvalue weighted by Gasteiger charge is 2.27. The topological polar surface area (TPSA) is 15.3 Å². The number of hydrogen-bond donors (Lipinski definition) is 1. The van der Waals surface area contributed by atoms with Crippen LogP contribution >= 0.6 is 11.3 Å². The molecule has 3 heteroatoms. The largest absolute Gasteiger partial charge is 0.311 e. The first kappa shape index (κ1) is 14.8. The van der Waals surface area contributed by atoms with E-state index in [-0.39, 0.29) is 0 Å². The minimum atomic E-state index is 0.595. The van der Waals surface area contributed by atoms with Crippen molar-refractivity contribution in [3.63, 3.8) is 0 Å². The molecule has 2 aromatic rings. The normalized spacial score (nSPS) is 23.3. The quantitative estimate of drug-likeness (QED) is 0.908. The van der Waals surface area contributed by atoms with Crippen LogP contribution in [0.25, 0.3) is 0 Å². The fourth-order valence-electron chi connectivity index (χ4n) is 3.09. The summed E-state index contributed by atoms with van der Waals surface area (Å²) >= 11 is 1.87. The maximum atomic E-state index is 3.71. The summed E-state index contributed by atoms with van der Waals surface area (Å²) in [7, 11) is 0. The summed E-state index contributed by atoms with van der Waals surface area (Å²) in [5, 5.41) is 5.89. The molecule has 0 spiro atoms. The van der Waals surface area contributed by atoms with E-state index in [9.17, 15) is 0 Å². The molecule has 2 atom stereocenters. The van der Waals surface area contributed by atoms with E-state index in [1.807, 2.05) is 11.3 Å². The molecule has 2 heterocycles. The molecule has 1 aromatic carbocycles. The second-order valence-electron chi connectivity index (χ2n) is 5.87. The zero-order chi connectivity index (χ0) is 14.5. The Kier molecular flexibility index (Phi) is 5.07. The Balaban J connectivity index is 1.70. The summed E-state index contributed by atoms with van der Waals surface area (Å²) in [5.41, 5.74) is 1.44. The third kappa shape index (κ3) is 3.94. The molecule has 1 aromatic heterocycles. The Morgan fingerprint density at radius 3 is 2.76 bits per heavy atom. The molecule has 1 N–H and O–H groups in total. The highest BCUT2D eigenvalue weighted by molar-refractivity contribution is 7.09. The summed E-state index contributed by atoms with van der Waals surface area (Å²) in [6.07, 6.45) is 2.34. The van der Waals surface area contributed by atoms with E-state index in [1.54, 1.807) is 0 Å². The maximum Gasteiger partial charge on any atom is 0.0332 e. The molecular formula is C18H24N2S. The maximum absolute atomic E-state index is 3.71. The van der Waals surface area contributed by atoms with Gasteiger partial charge in [-0.1, -0.05) is 43.3 Å². The number of piperazine rings is 1. The van der Waals surface area contributed by atoms with Crippen molar-refractivity contribution in [2.45, 2.75) is 38.4 Å². The summed E-state index contributed by atoms with van der Waals surface area (Å²) in [5.74, 6) is 0. The van der Waals surface area contributed by atoms with Crippen molar-refractivity contribution in [3.8, 4) is 0 Å². The van der Waals surface area contributed by atoms with E-state index >= 15 is 0 Å². The fourth-order valence-corrected chi connectivity index (χ4v) is 3.82. The zero-order valence-corrected chi connectivity index (χ0v) is 13.5. The molecule has 21 heavy (non-hydrogen) atoms. The van der Waals surface area contributed by atoms with Crippen LogP contribution in [0.2, 0.25) is 0 Å². The lowest BCUT2D eigenvalue weighted by atomic mass is 10.00. The molecule has 2 unspecified atom stereocenters. The predicted octanol–water partition coefficient (Wildman–Crippen LogP) is 3.54. The van der Waals surface area contributed by atoms with Crippen LogP contribution in [-0.4, -0.2) is 30.1 Å². The molecule has 0 amide bonds. The van der Waals surface area contributed by atoms with Gasteiger partial charge < -0.3 is 5.32 Å². The van der Waals surface area contributed by atoms with Gasteiger partial charge in [-0.05, 0) is 29.9 Å². The van der Waals surface area contributed by atoms with E-state index < -0.39 is 0 Å². The molecule has 2 nitrogen and oxygen atoms in total. The van der Waals surface area contributed by atoms with Gasteiger partial charge >= 0.3 is 0 Å². The smallest absolute Gasteiger partial charge is 0.0332 e. The minimum Gasteiger partial charge on any atom is -0.311 e. The fraction of sp³-hybridized carbons (Fsp3) is 0.444. The van der Waals surface area contributed by atoms with Gasteiger partial charge in [-0.25, -0.2) is 0 Å². The van der Waals surface area contributed by atoms with Crippen LogP contribution in [0.3, 0.4) is 0 Å². The molecule has 0 aliphatic carbocycles. The second-order valence-corrected chi connectivity index (χ2v) is 6.90.